The van der Waals surface area contributed by atoms with Gasteiger partial charge in [0.15, 0.2) is 28.1 Å². The van der Waals surface area contributed by atoms with Gasteiger partial charge in [-0.05, 0) is 66.5 Å². The smallest absolute Gasteiger partial charge is 0.263 e. The summed E-state index contributed by atoms with van der Waals surface area (Å²) in [4.78, 5) is 16.8. The third-order valence-corrected chi connectivity index (χ3v) is 6.07. The van der Waals surface area contributed by atoms with Gasteiger partial charge in [0.25, 0.3) is 5.91 Å². The minimum Gasteiger partial charge on any atom is -0.491 e. The Kier molecular flexibility index (Phi) is 7.44. The molecular weight excluding hydrogens is 510 g/mol. The molecule has 6 nitrogen and oxygen atoms in total. The molecule has 0 aliphatic carbocycles. The van der Waals surface area contributed by atoms with Crippen molar-refractivity contribution in [1.82, 2.24) is 10.3 Å². The second kappa shape index (κ2) is 10.6. The van der Waals surface area contributed by atoms with Crippen LogP contribution in [0, 0.1) is 23.3 Å². The van der Waals surface area contributed by atoms with Crippen molar-refractivity contribution in [1.29, 1.82) is 0 Å². The second-order valence-electron chi connectivity index (χ2n) is 8.21. The van der Waals surface area contributed by atoms with Gasteiger partial charge < -0.3 is 14.5 Å². The van der Waals surface area contributed by atoms with Crippen molar-refractivity contribution in [2.45, 2.75) is 26.2 Å². The van der Waals surface area contributed by atoms with Gasteiger partial charge in [-0.1, -0.05) is 19.9 Å². The molecule has 192 valence electrons. The molecule has 1 amide bonds. The number of methoxy groups -OCH3 is 1. The van der Waals surface area contributed by atoms with Crippen LogP contribution in [0.4, 0.5) is 23.2 Å². The predicted octanol–water partition coefficient (Wildman–Crippen LogP) is 6.70. The Balaban J connectivity index is 1.47. The van der Waals surface area contributed by atoms with Gasteiger partial charge in [-0.15, -0.1) is 0 Å². The number of oxazole rings is 1. The SMILES string of the molecule is CC[C@H](C)c1ccc2oc(-c3ccc(NC(=S)NC(=O)c4c(F)c(F)c(OC)c(F)c4F)cc3)nc2c1. The summed E-state index contributed by atoms with van der Waals surface area (Å²) in [7, 11) is 0.832. The lowest BCUT2D eigenvalue weighted by Crippen LogP contribution is -2.35. The third-order valence-electron chi connectivity index (χ3n) is 5.86. The maximum atomic E-state index is 14.2. The maximum absolute atomic E-state index is 14.2. The molecule has 11 heteroatoms. The number of carbonyl (C=O) groups excluding carboxylic acids is 1. The number of hydrogen-bond donors (Lipinski definition) is 2. The zero-order valence-corrected chi connectivity index (χ0v) is 20.7. The lowest BCUT2D eigenvalue weighted by atomic mass is 9.98. The quantitative estimate of drug-likeness (QED) is 0.164. The highest BCUT2D eigenvalue weighted by Crippen LogP contribution is 2.30. The van der Waals surface area contributed by atoms with Crippen LogP contribution in [-0.2, 0) is 0 Å². The van der Waals surface area contributed by atoms with Crippen molar-refractivity contribution >= 4 is 40.0 Å². The molecule has 1 aromatic heterocycles. The highest BCUT2D eigenvalue weighted by Gasteiger charge is 2.30. The minimum absolute atomic E-state index is 0.354. The van der Waals surface area contributed by atoms with Gasteiger partial charge >= 0.3 is 0 Å². The van der Waals surface area contributed by atoms with E-state index >= 15 is 0 Å². The third kappa shape index (κ3) is 5.12. The molecule has 0 radical (unpaired) electrons. The predicted molar refractivity (Wildman–Crippen MR) is 135 cm³/mol. The first kappa shape index (κ1) is 26.1. The normalized spacial score (nSPS) is 11.9. The molecule has 4 rings (SSSR count). The van der Waals surface area contributed by atoms with E-state index in [0.29, 0.717) is 28.6 Å². The number of rotatable bonds is 6. The number of halogens is 4. The highest BCUT2D eigenvalue weighted by atomic mass is 32.1. The molecular formula is C26H21F4N3O3S. The van der Waals surface area contributed by atoms with Gasteiger partial charge in [-0.25, -0.2) is 13.8 Å². The van der Waals surface area contributed by atoms with Crippen LogP contribution in [0.1, 0.15) is 42.1 Å². The van der Waals surface area contributed by atoms with Crippen molar-refractivity contribution in [3.8, 4) is 17.2 Å². The molecule has 37 heavy (non-hydrogen) atoms. The summed E-state index contributed by atoms with van der Waals surface area (Å²) in [5.74, 6) is -9.43. The summed E-state index contributed by atoms with van der Waals surface area (Å²) in [6, 6.07) is 12.5. The second-order valence-corrected chi connectivity index (χ2v) is 8.61. The molecule has 0 unspecified atom stereocenters. The largest absolute Gasteiger partial charge is 0.491 e. The minimum atomic E-state index is -1.91. The van der Waals surface area contributed by atoms with Gasteiger partial charge in [-0.2, -0.15) is 8.78 Å². The molecule has 2 N–H and O–H groups in total. The van der Waals surface area contributed by atoms with Crippen LogP contribution in [0.15, 0.2) is 46.9 Å². The molecule has 0 aliphatic rings. The zero-order valence-electron chi connectivity index (χ0n) is 19.9. The first-order valence-electron chi connectivity index (χ1n) is 11.2. The van der Waals surface area contributed by atoms with E-state index in [-0.39, 0.29) is 5.11 Å². The fourth-order valence-corrected chi connectivity index (χ4v) is 3.83. The monoisotopic (exact) mass is 531 g/mol. The average molecular weight is 532 g/mol. The number of ether oxygens (including phenoxy) is 1. The molecule has 1 heterocycles. The number of fused-ring (bicyclic) bond motifs is 1. The van der Waals surface area contributed by atoms with Crippen LogP contribution in [0.25, 0.3) is 22.6 Å². The van der Waals surface area contributed by atoms with E-state index < -0.39 is 40.5 Å². The molecule has 0 spiro atoms. The highest BCUT2D eigenvalue weighted by molar-refractivity contribution is 7.80. The topological polar surface area (TPSA) is 76.4 Å². The lowest BCUT2D eigenvalue weighted by molar-refractivity contribution is 0.0966. The number of nitrogens with one attached hydrogen (secondary N) is 2. The van der Waals surface area contributed by atoms with Crippen molar-refractivity contribution in [3.63, 3.8) is 0 Å². The summed E-state index contributed by atoms with van der Waals surface area (Å²) >= 11 is 5.00. The van der Waals surface area contributed by atoms with E-state index in [1.807, 2.05) is 23.5 Å². The Morgan fingerprint density at radius 2 is 1.70 bits per heavy atom. The van der Waals surface area contributed by atoms with E-state index in [4.69, 9.17) is 16.6 Å². The molecule has 4 aromatic rings. The number of hydrogen-bond acceptors (Lipinski definition) is 5. The van der Waals surface area contributed by atoms with Crippen LogP contribution in [-0.4, -0.2) is 23.1 Å². The number of benzene rings is 3. The summed E-state index contributed by atoms with van der Waals surface area (Å²) < 4.78 is 66.3. The number of nitrogens with zero attached hydrogens (tertiary/aromatic N) is 1. The number of anilines is 1. The first-order valence-corrected chi connectivity index (χ1v) is 11.6. The summed E-state index contributed by atoms with van der Waals surface area (Å²) in [5.41, 5.74) is 2.18. The first-order chi connectivity index (χ1) is 17.6. The van der Waals surface area contributed by atoms with E-state index in [0.717, 1.165) is 19.0 Å². The number of aromatic nitrogens is 1. The molecule has 3 aromatic carbocycles. The van der Waals surface area contributed by atoms with Gasteiger partial charge in [0, 0.05) is 11.3 Å². The molecule has 0 fully saturated rings. The molecule has 1 atom stereocenters. The number of thiocarbonyl (C=S) groups is 1. The molecule has 0 saturated carbocycles. The van der Waals surface area contributed by atoms with Crippen molar-refractivity contribution in [2.75, 3.05) is 12.4 Å². The Bertz CT molecular complexity index is 1480. The number of carbonyl (C=O) groups is 1. The Labute approximate surface area is 214 Å². The van der Waals surface area contributed by atoms with Crippen LogP contribution in [0.5, 0.6) is 5.75 Å². The fourth-order valence-electron chi connectivity index (χ4n) is 3.62. The maximum Gasteiger partial charge on any atom is 0.263 e. The van der Waals surface area contributed by atoms with Crippen molar-refractivity contribution in [3.05, 3.63) is 76.9 Å². The van der Waals surface area contributed by atoms with Crippen LogP contribution in [0.2, 0.25) is 0 Å². The molecule has 0 saturated heterocycles. The van der Waals surface area contributed by atoms with Crippen molar-refractivity contribution < 1.29 is 31.5 Å². The average Bonchev–Trinajstić information content (AvgIpc) is 3.31. The summed E-state index contributed by atoms with van der Waals surface area (Å²) in [5, 5.41) is 4.30. The van der Waals surface area contributed by atoms with Crippen LogP contribution in [0.3, 0.4) is 0 Å². The van der Waals surface area contributed by atoms with Gasteiger partial charge in [0.05, 0.1) is 7.11 Å². The van der Waals surface area contributed by atoms with Gasteiger partial charge in [0.2, 0.25) is 17.5 Å². The zero-order chi connectivity index (χ0) is 26.9. The standard InChI is InChI=1S/C26H21F4N3O3S/c1-4-12(2)14-7-10-17-16(11-14)32-25(36-17)13-5-8-15(9-6-13)31-26(37)33-24(34)18-19(27)21(29)23(35-3)22(30)20(18)28/h5-12H,4H2,1-3H3,(H2,31,33,34,37)/t12-/m0/s1. The van der Waals surface area contributed by atoms with E-state index in [1.54, 1.807) is 24.3 Å². The van der Waals surface area contributed by atoms with E-state index in [9.17, 15) is 22.4 Å². The fraction of sp³-hybridized carbons (Fsp3) is 0.192. The summed E-state index contributed by atoms with van der Waals surface area (Å²) in [6.07, 6.45) is 1.00. The summed E-state index contributed by atoms with van der Waals surface area (Å²) in [6.45, 7) is 4.26. The van der Waals surface area contributed by atoms with Gasteiger partial charge in [-0.3, -0.25) is 10.1 Å². The van der Waals surface area contributed by atoms with E-state index in [1.165, 1.54) is 5.56 Å². The molecule has 0 aliphatic heterocycles. The lowest BCUT2D eigenvalue weighted by Gasteiger charge is -2.13. The Hall–Kier alpha value is -3.99. The van der Waals surface area contributed by atoms with Crippen LogP contribution >= 0.6 is 12.2 Å². The van der Waals surface area contributed by atoms with E-state index in [2.05, 4.69) is 28.9 Å². The van der Waals surface area contributed by atoms with Crippen molar-refractivity contribution in [2.24, 2.45) is 0 Å². The Morgan fingerprint density at radius 3 is 2.30 bits per heavy atom. The Morgan fingerprint density at radius 1 is 1.05 bits per heavy atom. The number of amides is 1. The van der Waals surface area contributed by atoms with Crippen LogP contribution < -0.4 is 15.4 Å². The van der Waals surface area contributed by atoms with Gasteiger partial charge in [0.1, 0.15) is 11.1 Å². The molecule has 0 bridgehead atoms.